The van der Waals surface area contributed by atoms with Crippen molar-refractivity contribution in [2.75, 3.05) is 6.61 Å². The van der Waals surface area contributed by atoms with Crippen LogP contribution in [0.25, 0.3) is 0 Å². The van der Waals surface area contributed by atoms with Gasteiger partial charge in [0.25, 0.3) is 0 Å². The number of hydrogen-bond donors (Lipinski definition) is 0. The molecule has 3 unspecified atom stereocenters. The number of rotatable bonds is 4. The van der Waals surface area contributed by atoms with Crippen molar-refractivity contribution in [1.82, 2.24) is 4.31 Å². The Hall–Kier alpha value is -0.550. The summed E-state index contributed by atoms with van der Waals surface area (Å²) in [4.78, 5) is 0.935. The first-order chi connectivity index (χ1) is 10.9. The van der Waals surface area contributed by atoms with E-state index in [1.54, 1.807) is 0 Å². The van der Waals surface area contributed by atoms with E-state index in [4.69, 9.17) is 4.74 Å². The second kappa shape index (κ2) is 6.75. The number of ether oxygens (including phenoxy) is 1. The van der Waals surface area contributed by atoms with Crippen LogP contribution in [-0.2, 0) is 21.5 Å². The molecule has 3 atom stereocenters. The molecule has 0 N–H and O–H groups in total. The van der Waals surface area contributed by atoms with E-state index in [1.165, 1.54) is 5.56 Å². The largest absolute Gasteiger partial charge is 0.593 e. The number of fused-ring (bicyclic) bond motifs is 2. The van der Waals surface area contributed by atoms with E-state index in [0.29, 0.717) is 18.2 Å². The van der Waals surface area contributed by atoms with Gasteiger partial charge in [-0.3, -0.25) is 0 Å². The maximum atomic E-state index is 13.1. The van der Waals surface area contributed by atoms with Gasteiger partial charge in [0.05, 0.1) is 29.5 Å². The molecule has 1 aromatic carbocycles. The van der Waals surface area contributed by atoms with Gasteiger partial charge >= 0.3 is 0 Å². The minimum atomic E-state index is -1.04. The minimum Gasteiger partial charge on any atom is -0.593 e. The third-order valence-electron chi connectivity index (χ3n) is 5.14. The van der Waals surface area contributed by atoms with E-state index in [9.17, 15) is 4.55 Å². The highest BCUT2D eigenvalue weighted by Crippen LogP contribution is 2.40. The van der Waals surface area contributed by atoms with Crippen LogP contribution in [0.3, 0.4) is 0 Å². The zero-order chi connectivity index (χ0) is 16.6. The van der Waals surface area contributed by atoms with Crippen LogP contribution >= 0.6 is 0 Å². The van der Waals surface area contributed by atoms with Crippen LogP contribution in [-0.4, -0.2) is 33.7 Å². The van der Waals surface area contributed by atoms with Crippen LogP contribution in [0.4, 0.5) is 0 Å². The van der Waals surface area contributed by atoms with Gasteiger partial charge in [-0.1, -0.05) is 32.9 Å². The van der Waals surface area contributed by atoms with E-state index >= 15 is 0 Å². The minimum absolute atomic E-state index is 0.134. The Balaban J connectivity index is 1.72. The van der Waals surface area contributed by atoms with Crippen molar-refractivity contribution in [2.45, 2.75) is 81.9 Å². The van der Waals surface area contributed by atoms with Crippen molar-refractivity contribution in [1.29, 1.82) is 0 Å². The Morgan fingerprint density at radius 2 is 1.70 bits per heavy atom. The fourth-order valence-electron chi connectivity index (χ4n) is 3.92. The SMILES string of the molecule is CCOC1CC2CCC(C1)N2[S+]([O-])c1ccc(C(C)(C)C)cc1. The molecule has 0 spiro atoms. The van der Waals surface area contributed by atoms with E-state index in [1.807, 2.05) is 12.1 Å². The molecule has 1 aromatic rings. The lowest BCUT2D eigenvalue weighted by Crippen LogP contribution is -2.48. The molecule has 2 aliphatic rings. The van der Waals surface area contributed by atoms with Gasteiger partial charge in [0, 0.05) is 6.61 Å². The number of benzene rings is 1. The van der Waals surface area contributed by atoms with Crippen molar-refractivity contribution < 1.29 is 9.29 Å². The van der Waals surface area contributed by atoms with Crippen LogP contribution in [0, 0.1) is 0 Å². The fourth-order valence-corrected chi connectivity index (χ4v) is 5.46. The Kier molecular flexibility index (Phi) is 5.07. The lowest BCUT2D eigenvalue weighted by Gasteiger charge is -2.37. The fraction of sp³-hybridized carbons (Fsp3) is 0.684. The molecule has 0 aliphatic carbocycles. The van der Waals surface area contributed by atoms with Crippen molar-refractivity contribution in [2.24, 2.45) is 0 Å². The van der Waals surface area contributed by atoms with Gasteiger partial charge in [0.1, 0.15) is 0 Å². The molecular formula is C19H29NO2S. The zero-order valence-electron chi connectivity index (χ0n) is 14.7. The third-order valence-corrected chi connectivity index (χ3v) is 6.79. The first-order valence-electron chi connectivity index (χ1n) is 8.82. The van der Waals surface area contributed by atoms with Crippen molar-refractivity contribution in [3.05, 3.63) is 29.8 Å². The van der Waals surface area contributed by atoms with Crippen LogP contribution in [0.1, 0.15) is 58.9 Å². The summed E-state index contributed by atoms with van der Waals surface area (Å²) < 4.78 is 21.2. The second-order valence-electron chi connectivity index (χ2n) is 7.82. The van der Waals surface area contributed by atoms with E-state index in [0.717, 1.165) is 37.2 Å². The number of hydrogen-bond acceptors (Lipinski definition) is 3. The van der Waals surface area contributed by atoms with Gasteiger partial charge < -0.3 is 9.29 Å². The molecular weight excluding hydrogens is 306 g/mol. The predicted molar refractivity (Wildman–Crippen MR) is 94.8 cm³/mol. The highest BCUT2D eigenvalue weighted by molar-refractivity contribution is 7.89. The summed E-state index contributed by atoms with van der Waals surface area (Å²) in [6, 6.07) is 9.17. The molecule has 128 valence electrons. The lowest BCUT2D eigenvalue weighted by molar-refractivity contribution is 0.00830. The average molecular weight is 336 g/mol. The molecule has 2 fully saturated rings. The summed E-state index contributed by atoms with van der Waals surface area (Å²) in [5.41, 5.74) is 1.42. The third kappa shape index (κ3) is 3.60. The van der Waals surface area contributed by atoms with Crippen LogP contribution in [0.2, 0.25) is 0 Å². The quantitative estimate of drug-likeness (QED) is 0.779. The molecule has 0 aromatic heterocycles. The molecule has 2 aliphatic heterocycles. The van der Waals surface area contributed by atoms with Crippen molar-refractivity contribution >= 4 is 11.4 Å². The topological polar surface area (TPSA) is 35.5 Å². The van der Waals surface area contributed by atoms with Crippen molar-refractivity contribution in [3.8, 4) is 0 Å². The zero-order valence-corrected chi connectivity index (χ0v) is 15.6. The first-order valence-corrected chi connectivity index (χ1v) is 9.93. The van der Waals surface area contributed by atoms with E-state index < -0.39 is 11.4 Å². The highest BCUT2D eigenvalue weighted by Gasteiger charge is 2.48. The smallest absolute Gasteiger partial charge is 0.174 e. The second-order valence-corrected chi connectivity index (χ2v) is 9.21. The predicted octanol–water partition coefficient (Wildman–Crippen LogP) is 4.04. The Morgan fingerprint density at radius 1 is 1.13 bits per heavy atom. The lowest BCUT2D eigenvalue weighted by atomic mass is 9.87. The van der Waals surface area contributed by atoms with Gasteiger partial charge in [-0.2, -0.15) is 0 Å². The molecule has 2 bridgehead atoms. The Labute approximate surface area is 143 Å². The van der Waals surface area contributed by atoms with Gasteiger partial charge in [0.15, 0.2) is 4.90 Å². The van der Waals surface area contributed by atoms with Crippen LogP contribution < -0.4 is 0 Å². The molecule has 2 heterocycles. The summed E-state index contributed by atoms with van der Waals surface area (Å²) in [5.74, 6) is 0. The maximum absolute atomic E-state index is 13.1. The van der Waals surface area contributed by atoms with Crippen LogP contribution in [0.5, 0.6) is 0 Å². The summed E-state index contributed by atoms with van der Waals surface area (Å²) in [6.45, 7) is 9.46. The summed E-state index contributed by atoms with van der Waals surface area (Å²) in [5, 5.41) is 0. The first kappa shape index (κ1) is 17.3. The van der Waals surface area contributed by atoms with Gasteiger partial charge in [0.2, 0.25) is 0 Å². The molecule has 3 rings (SSSR count). The molecule has 0 amide bonds. The number of nitrogens with zero attached hydrogens (tertiary/aromatic N) is 1. The van der Waals surface area contributed by atoms with Gasteiger partial charge in [-0.25, -0.2) is 0 Å². The summed E-state index contributed by atoms with van der Waals surface area (Å²) in [7, 11) is 0. The normalized spacial score (nSPS) is 29.7. The maximum Gasteiger partial charge on any atom is 0.174 e. The Morgan fingerprint density at radius 3 is 2.17 bits per heavy atom. The molecule has 0 radical (unpaired) electrons. The summed E-state index contributed by atoms with van der Waals surface area (Å²) in [6.07, 6.45) is 4.71. The monoisotopic (exact) mass is 335 g/mol. The molecule has 4 heteroatoms. The van der Waals surface area contributed by atoms with Gasteiger partial charge in [-0.15, -0.1) is 4.31 Å². The van der Waals surface area contributed by atoms with Crippen LogP contribution in [0.15, 0.2) is 29.2 Å². The molecule has 2 saturated heterocycles. The standard InChI is InChI=1S/C19H29NO2S/c1-5-22-17-12-15-8-9-16(13-17)20(15)23(21)18-10-6-14(7-11-18)19(2,3)4/h6-7,10-11,15-17H,5,8-9,12-13H2,1-4H3. The molecule has 0 saturated carbocycles. The van der Waals surface area contributed by atoms with E-state index in [-0.39, 0.29) is 5.41 Å². The molecule has 3 nitrogen and oxygen atoms in total. The van der Waals surface area contributed by atoms with Gasteiger partial charge in [-0.05, 0) is 55.7 Å². The average Bonchev–Trinajstić information content (AvgIpc) is 2.77. The molecule has 23 heavy (non-hydrogen) atoms. The number of piperidine rings is 1. The highest BCUT2D eigenvalue weighted by atomic mass is 32.2. The Bertz CT molecular complexity index is 511. The van der Waals surface area contributed by atoms with E-state index in [2.05, 4.69) is 44.1 Å². The van der Waals surface area contributed by atoms with Crippen molar-refractivity contribution in [3.63, 3.8) is 0 Å². The summed E-state index contributed by atoms with van der Waals surface area (Å²) >= 11 is -1.04.